The Morgan fingerprint density at radius 2 is 1.83 bits per heavy atom. The summed E-state index contributed by atoms with van der Waals surface area (Å²) in [5.74, 6) is 1.71. The SMILES string of the molecule is COc1ccc(N2CCN(C(=O)Cc3ccccn3)C(Cc3ccccc3)C2)cc1OC1CCC1. The summed E-state index contributed by atoms with van der Waals surface area (Å²) < 4.78 is 11.8. The maximum Gasteiger partial charge on any atom is 0.228 e. The number of pyridine rings is 1. The molecule has 1 atom stereocenters. The second-order valence-corrected chi connectivity index (χ2v) is 9.38. The van der Waals surface area contributed by atoms with Crippen molar-refractivity contribution in [1.29, 1.82) is 0 Å². The molecule has 6 heteroatoms. The Balaban J connectivity index is 1.35. The summed E-state index contributed by atoms with van der Waals surface area (Å²) in [7, 11) is 1.69. The Labute approximate surface area is 207 Å². The first-order valence-electron chi connectivity index (χ1n) is 12.5. The molecule has 2 fully saturated rings. The zero-order chi connectivity index (χ0) is 24.0. The van der Waals surface area contributed by atoms with E-state index in [9.17, 15) is 4.79 Å². The molecule has 2 heterocycles. The summed E-state index contributed by atoms with van der Waals surface area (Å²) in [6.45, 7) is 2.21. The molecule has 1 saturated carbocycles. The van der Waals surface area contributed by atoms with Crippen molar-refractivity contribution in [1.82, 2.24) is 9.88 Å². The molecular formula is C29H33N3O3. The zero-order valence-electron chi connectivity index (χ0n) is 20.3. The number of carbonyl (C=O) groups excluding carboxylic acids is 1. The summed E-state index contributed by atoms with van der Waals surface area (Å²) in [6.07, 6.45) is 6.59. The van der Waals surface area contributed by atoms with E-state index in [1.807, 2.05) is 35.2 Å². The maximum absolute atomic E-state index is 13.3. The summed E-state index contributed by atoms with van der Waals surface area (Å²) in [5.41, 5.74) is 3.15. The van der Waals surface area contributed by atoms with Gasteiger partial charge in [0.05, 0.1) is 25.7 Å². The van der Waals surface area contributed by atoms with E-state index < -0.39 is 0 Å². The monoisotopic (exact) mass is 471 g/mol. The van der Waals surface area contributed by atoms with Gasteiger partial charge in [-0.2, -0.15) is 0 Å². The molecule has 1 unspecified atom stereocenters. The second kappa shape index (κ2) is 10.8. The van der Waals surface area contributed by atoms with E-state index in [0.29, 0.717) is 13.0 Å². The topological polar surface area (TPSA) is 54.9 Å². The zero-order valence-corrected chi connectivity index (χ0v) is 20.3. The number of amides is 1. The molecule has 0 spiro atoms. The third kappa shape index (κ3) is 5.59. The number of anilines is 1. The Morgan fingerprint density at radius 1 is 1.00 bits per heavy atom. The van der Waals surface area contributed by atoms with E-state index in [1.54, 1.807) is 13.3 Å². The van der Waals surface area contributed by atoms with Crippen LogP contribution in [0, 0.1) is 0 Å². The Morgan fingerprint density at radius 3 is 2.54 bits per heavy atom. The van der Waals surface area contributed by atoms with Crippen LogP contribution in [0.2, 0.25) is 0 Å². The molecule has 2 aliphatic rings. The van der Waals surface area contributed by atoms with Crippen LogP contribution in [-0.2, 0) is 17.6 Å². The highest BCUT2D eigenvalue weighted by molar-refractivity contribution is 5.79. The Hall–Kier alpha value is -3.54. The lowest BCUT2D eigenvalue weighted by atomic mass is 9.96. The molecule has 1 aliphatic carbocycles. The van der Waals surface area contributed by atoms with Crippen LogP contribution >= 0.6 is 0 Å². The van der Waals surface area contributed by atoms with E-state index in [0.717, 1.165) is 55.2 Å². The van der Waals surface area contributed by atoms with Gasteiger partial charge in [-0.05, 0) is 55.5 Å². The highest BCUT2D eigenvalue weighted by Gasteiger charge is 2.31. The molecule has 182 valence electrons. The van der Waals surface area contributed by atoms with Crippen LogP contribution in [0.4, 0.5) is 5.69 Å². The highest BCUT2D eigenvalue weighted by atomic mass is 16.5. The third-order valence-electron chi connectivity index (χ3n) is 7.03. The summed E-state index contributed by atoms with van der Waals surface area (Å²) in [4.78, 5) is 22.1. The minimum absolute atomic E-state index is 0.0699. The van der Waals surface area contributed by atoms with Gasteiger partial charge in [-0.25, -0.2) is 0 Å². The van der Waals surface area contributed by atoms with Crippen LogP contribution < -0.4 is 14.4 Å². The minimum atomic E-state index is 0.0699. The normalized spacial score (nSPS) is 18.1. The van der Waals surface area contributed by atoms with Crippen molar-refractivity contribution in [3.05, 3.63) is 84.2 Å². The second-order valence-electron chi connectivity index (χ2n) is 9.38. The van der Waals surface area contributed by atoms with E-state index in [4.69, 9.17) is 9.47 Å². The first-order valence-corrected chi connectivity index (χ1v) is 12.5. The molecule has 6 nitrogen and oxygen atoms in total. The van der Waals surface area contributed by atoms with Gasteiger partial charge < -0.3 is 19.3 Å². The van der Waals surface area contributed by atoms with Crippen LogP contribution in [0.1, 0.15) is 30.5 Å². The fourth-order valence-electron chi connectivity index (χ4n) is 4.86. The van der Waals surface area contributed by atoms with Gasteiger partial charge in [-0.15, -0.1) is 0 Å². The van der Waals surface area contributed by atoms with E-state index >= 15 is 0 Å². The summed E-state index contributed by atoms with van der Waals surface area (Å²) in [5, 5.41) is 0. The van der Waals surface area contributed by atoms with Crippen molar-refractivity contribution in [3.8, 4) is 11.5 Å². The Bertz CT molecular complexity index is 1120. The first-order chi connectivity index (χ1) is 17.2. The lowest BCUT2D eigenvalue weighted by Gasteiger charge is -2.43. The molecule has 1 amide bonds. The molecule has 1 aliphatic heterocycles. The predicted octanol–water partition coefficient (Wildman–Crippen LogP) is 4.52. The number of hydrogen-bond donors (Lipinski definition) is 0. The predicted molar refractivity (Wildman–Crippen MR) is 137 cm³/mol. The molecular weight excluding hydrogens is 438 g/mol. The quantitative estimate of drug-likeness (QED) is 0.483. The Kier molecular flexibility index (Phi) is 7.17. The molecule has 1 aromatic heterocycles. The van der Waals surface area contributed by atoms with Gasteiger partial charge in [-0.1, -0.05) is 36.4 Å². The molecule has 3 aromatic rings. The van der Waals surface area contributed by atoms with E-state index in [-0.39, 0.29) is 18.1 Å². The van der Waals surface area contributed by atoms with Crippen molar-refractivity contribution in [2.24, 2.45) is 0 Å². The number of nitrogens with zero attached hydrogens (tertiary/aromatic N) is 3. The molecule has 1 saturated heterocycles. The van der Waals surface area contributed by atoms with Crippen LogP contribution in [0.5, 0.6) is 11.5 Å². The fraction of sp³-hybridized carbons (Fsp3) is 0.379. The summed E-state index contributed by atoms with van der Waals surface area (Å²) >= 11 is 0. The number of aromatic nitrogens is 1. The van der Waals surface area contributed by atoms with E-state index in [1.165, 1.54) is 12.0 Å². The van der Waals surface area contributed by atoms with Crippen LogP contribution in [-0.4, -0.2) is 54.7 Å². The molecule has 0 N–H and O–H groups in total. The van der Waals surface area contributed by atoms with Gasteiger partial charge in [0.2, 0.25) is 5.91 Å². The number of ether oxygens (including phenoxy) is 2. The van der Waals surface area contributed by atoms with Crippen molar-refractivity contribution < 1.29 is 14.3 Å². The van der Waals surface area contributed by atoms with Crippen LogP contribution in [0.25, 0.3) is 0 Å². The molecule has 35 heavy (non-hydrogen) atoms. The number of carbonyl (C=O) groups is 1. The number of benzene rings is 2. The van der Waals surface area contributed by atoms with Gasteiger partial charge in [0.15, 0.2) is 11.5 Å². The highest BCUT2D eigenvalue weighted by Crippen LogP contribution is 2.36. The number of methoxy groups -OCH3 is 1. The molecule has 5 rings (SSSR count). The standard InChI is InChI=1S/C29H33N3O3/c1-34-27-14-13-24(20-28(27)35-26-11-7-12-26)31-16-17-32(29(33)19-23-10-5-6-15-30-23)25(21-31)18-22-8-3-2-4-9-22/h2-6,8-10,13-15,20,25-26H,7,11-12,16-19,21H2,1H3. The van der Waals surface area contributed by atoms with Gasteiger partial charge >= 0.3 is 0 Å². The van der Waals surface area contributed by atoms with Crippen LogP contribution in [0.15, 0.2) is 72.9 Å². The lowest BCUT2D eigenvalue weighted by Crippen LogP contribution is -2.56. The minimum Gasteiger partial charge on any atom is -0.493 e. The average molecular weight is 472 g/mol. The van der Waals surface area contributed by atoms with Crippen molar-refractivity contribution in [2.75, 3.05) is 31.6 Å². The maximum atomic E-state index is 13.3. The largest absolute Gasteiger partial charge is 0.493 e. The lowest BCUT2D eigenvalue weighted by molar-refractivity contribution is -0.133. The first kappa shape index (κ1) is 23.2. The number of hydrogen-bond acceptors (Lipinski definition) is 5. The van der Waals surface area contributed by atoms with Crippen LogP contribution in [0.3, 0.4) is 0 Å². The third-order valence-corrected chi connectivity index (χ3v) is 7.03. The number of rotatable bonds is 8. The molecule has 0 bridgehead atoms. The van der Waals surface area contributed by atoms with Gasteiger partial charge in [0.25, 0.3) is 0 Å². The van der Waals surface area contributed by atoms with E-state index in [2.05, 4.69) is 46.3 Å². The van der Waals surface area contributed by atoms with Crippen molar-refractivity contribution in [2.45, 2.75) is 44.2 Å². The van der Waals surface area contributed by atoms with Gasteiger partial charge in [0, 0.05) is 43.3 Å². The molecule has 2 aromatic carbocycles. The average Bonchev–Trinajstić information content (AvgIpc) is 2.87. The smallest absolute Gasteiger partial charge is 0.228 e. The van der Waals surface area contributed by atoms with Gasteiger partial charge in [-0.3, -0.25) is 9.78 Å². The fourth-order valence-corrected chi connectivity index (χ4v) is 4.86. The van der Waals surface area contributed by atoms with Gasteiger partial charge in [0.1, 0.15) is 0 Å². The molecule has 0 radical (unpaired) electrons. The summed E-state index contributed by atoms with van der Waals surface area (Å²) in [6, 6.07) is 22.4. The number of piperazine rings is 1. The van der Waals surface area contributed by atoms with Crippen molar-refractivity contribution >= 4 is 11.6 Å². The van der Waals surface area contributed by atoms with Crippen molar-refractivity contribution in [3.63, 3.8) is 0 Å².